The molecular formula is C22H25N3O4. The lowest BCUT2D eigenvalue weighted by Gasteiger charge is -2.31. The first kappa shape index (κ1) is 19.2. The molecule has 0 bridgehead atoms. The first-order valence-corrected chi connectivity index (χ1v) is 9.90. The number of hydrogen-bond donors (Lipinski definition) is 1. The lowest BCUT2D eigenvalue weighted by Crippen LogP contribution is -2.42. The zero-order chi connectivity index (χ0) is 20.5. The summed E-state index contributed by atoms with van der Waals surface area (Å²) in [5.74, 6) is 0.951. The Bertz CT molecular complexity index is 1060. The number of furan rings is 1. The van der Waals surface area contributed by atoms with Crippen LogP contribution in [0, 0.1) is 26.7 Å². The number of rotatable bonds is 4. The molecule has 0 spiro atoms. The third-order valence-electron chi connectivity index (χ3n) is 5.71. The summed E-state index contributed by atoms with van der Waals surface area (Å²) in [6.45, 7) is 7.03. The SMILES string of the molecule is Cc1cc(NC(=O)C2CCN(C(=O)Cc3coc4cc(C)c(C)cc34)CC2)no1. The maximum absolute atomic E-state index is 12.8. The molecule has 2 amide bonds. The molecule has 3 heterocycles. The smallest absolute Gasteiger partial charge is 0.228 e. The highest BCUT2D eigenvalue weighted by Gasteiger charge is 2.28. The van der Waals surface area contributed by atoms with Gasteiger partial charge in [0.15, 0.2) is 5.82 Å². The van der Waals surface area contributed by atoms with Crippen molar-refractivity contribution < 1.29 is 18.5 Å². The molecule has 0 atom stereocenters. The second kappa shape index (κ2) is 7.73. The molecule has 2 aromatic heterocycles. The first-order chi connectivity index (χ1) is 13.9. The number of aryl methyl sites for hydroxylation is 3. The van der Waals surface area contributed by atoms with Crippen molar-refractivity contribution in [3.05, 3.63) is 46.9 Å². The molecule has 3 aromatic rings. The minimum Gasteiger partial charge on any atom is -0.464 e. The van der Waals surface area contributed by atoms with Crippen molar-refractivity contribution in [1.82, 2.24) is 10.1 Å². The van der Waals surface area contributed by atoms with Crippen LogP contribution in [0.2, 0.25) is 0 Å². The van der Waals surface area contributed by atoms with Crippen LogP contribution in [0.15, 0.2) is 33.4 Å². The fourth-order valence-electron chi connectivity index (χ4n) is 3.79. The largest absolute Gasteiger partial charge is 0.464 e. The van der Waals surface area contributed by atoms with Crippen molar-refractivity contribution in [1.29, 1.82) is 0 Å². The summed E-state index contributed by atoms with van der Waals surface area (Å²) < 4.78 is 10.6. The topological polar surface area (TPSA) is 88.6 Å². The number of amides is 2. The molecule has 4 rings (SSSR count). The van der Waals surface area contributed by atoms with Gasteiger partial charge in [-0.15, -0.1) is 0 Å². The van der Waals surface area contributed by atoms with E-state index in [9.17, 15) is 9.59 Å². The fraction of sp³-hybridized carbons (Fsp3) is 0.409. The third-order valence-corrected chi connectivity index (χ3v) is 5.71. The van der Waals surface area contributed by atoms with Gasteiger partial charge in [0.2, 0.25) is 11.8 Å². The zero-order valence-electron chi connectivity index (χ0n) is 16.9. The van der Waals surface area contributed by atoms with Gasteiger partial charge in [0, 0.05) is 36.0 Å². The maximum Gasteiger partial charge on any atom is 0.228 e. The number of piperidine rings is 1. The average molecular weight is 395 g/mol. The van der Waals surface area contributed by atoms with Crippen LogP contribution in [0.5, 0.6) is 0 Å². The number of likely N-dealkylation sites (tertiary alicyclic amines) is 1. The van der Waals surface area contributed by atoms with Gasteiger partial charge in [-0.2, -0.15) is 0 Å². The number of nitrogens with zero attached hydrogens (tertiary/aromatic N) is 2. The van der Waals surface area contributed by atoms with Crippen molar-refractivity contribution in [3.63, 3.8) is 0 Å². The highest BCUT2D eigenvalue weighted by atomic mass is 16.5. The number of fused-ring (bicyclic) bond motifs is 1. The Balaban J connectivity index is 1.34. The quantitative estimate of drug-likeness (QED) is 0.726. The van der Waals surface area contributed by atoms with Crippen LogP contribution < -0.4 is 5.32 Å². The Kier molecular flexibility index (Phi) is 5.13. The number of carbonyl (C=O) groups excluding carboxylic acids is 2. The van der Waals surface area contributed by atoms with E-state index in [1.54, 1.807) is 19.3 Å². The van der Waals surface area contributed by atoms with Crippen molar-refractivity contribution in [3.8, 4) is 0 Å². The predicted octanol–water partition coefficient (Wildman–Crippen LogP) is 3.77. The molecule has 1 aliphatic heterocycles. The molecule has 0 saturated carbocycles. The Labute approximate surface area is 169 Å². The van der Waals surface area contributed by atoms with Gasteiger partial charge in [0.1, 0.15) is 11.3 Å². The molecule has 0 unspecified atom stereocenters. The summed E-state index contributed by atoms with van der Waals surface area (Å²) >= 11 is 0. The van der Waals surface area contributed by atoms with Gasteiger partial charge in [0.05, 0.1) is 12.7 Å². The Morgan fingerprint density at radius 1 is 1.14 bits per heavy atom. The predicted molar refractivity (Wildman–Crippen MR) is 109 cm³/mol. The normalized spacial score (nSPS) is 15.1. The number of hydrogen-bond acceptors (Lipinski definition) is 5. The molecule has 7 heteroatoms. The molecule has 29 heavy (non-hydrogen) atoms. The van der Waals surface area contributed by atoms with E-state index < -0.39 is 0 Å². The lowest BCUT2D eigenvalue weighted by molar-refractivity contribution is -0.133. The molecule has 1 fully saturated rings. The van der Waals surface area contributed by atoms with Crippen LogP contribution >= 0.6 is 0 Å². The van der Waals surface area contributed by atoms with E-state index in [4.69, 9.17) is 8.94 Å². The number of carbonyl (C=O) groups is 2. The van der Waals surface area contributed by atoms with Gasteiger partial charge in [-0.1, -0.05) is 5.16 Å². The monoisotopic (exact) mass is 395 g/mol. The standard InChI is InChI=1S/C22H25N3O4/c1-13-8-18-17(12-28-19(18)9-14(13)2)11-21(26)25-6-4-16(5-7-25)22(27)23-20-10-15(3)29-24-20/h8-10,12,16H,4-7,11H2,1-3H3,(H,23,24,27). The molecule has 152 valence electrons. The van der Waals surface area contributed by atoms with Crippen molar-refractivity contribution >= 4 is 28.6 Å². The molecule has 1 aromatic carbocycles. The van der Waals surface area contributed by atoms with Gasteiger partial charge in [-0.3, -0.25) is 9.59 Å². The Morgan fingerprint density at radius 3 is 2.55 bits per heavy atom. The average Bonchev–Trinajstić information content (AvgIpc) is 3.28. The van der Waals surface area contributed by atoms with Crippen LogP contribution in [-0.2, 0) is 16.0 Å². The number of aromatic nitrogens is 1. The Morgan fingerprint density at radius 2 is 1.86 bits per heavy atom. The number of nitrogens with one attached hydrogen (secondary N) is 1. The zero-order valence-corrected chi connectivity index (χ0v) is 16.9. The lowest BCUT2D eigenvalue weighted by atomic mass is 9.95. The first-order valence-electron chi connectivity index (χ1n) is 9.90. The minimum atomic E-state index is -0.128. The molecule has 7 nitrogen and oxygen atoms in total. The van der Waals surface area contributed by atoms with Crippen LogP contribution in [0.3, 0.4) is 0 Å². The van der Waals surface area contributed by atoms with E-state index >= 15 is 0 Å². The van der Waals surface area contributed by atoms with Gasteiger partial charge in [0.25, 0.3) is 0 Å². The second-order valence-electron chi connectivity index (χ2n) is 7.84. The van der Waals surface area contributed by atoms with Crippen LogP contribution in [0.1, 0.15) is 35.3 Å². The summed E-state index contributed by atoms with van der Waals surface area (Å²) in [6.07, 6.45) is 3.27. The molecule has 1 saturated heterocycles. The molecule has 0 aliphatic carbocycles. The van der Waals surface area contributed by atoms with E-state index in [-0.39, 0.29) is 17.7 Å². The Hall–Kier alpha value is -3.09. The van der Waals surface area contributed by atoms with E-state index in [0.29, 0.717) is 43.9 Å². The van der Waals surface area contributed by atoms with E-state index in [1.807, 2.05) is 17.9 Å². The summed E-state index contributed by atoms with van der Waals surface area (Å²) in [6, 6.07) is 5.78. The van der Waals surface area contributed by atoms with E-state index in [2.05, 4.69) is 23.5 Å². The van der Waals surface area contributed by atoms with E-state index in [0.717, 1.165) is 16.5 Å². The highest BCUT2D eigenvalue weighted by Crippen LogP contribution is 2.26. The molecule has 0 radical (unpaired) electrons. The third kappa shape index (κ3) is 4.04. The molecule has 1 aliphatic rings. The van der Waals surface area contributed by atoms with Crippen molar-refractivity contribution in [2.75, 3.05) is 18.4 Å². The van der Waals surface area contributed by atoms with E-state index in [1.165, 1.54) is 11.1 Å². The second-order valence-corrected chi connectivity index (χ2v) is 7.84. The number of anilines is 1. The molecular weight excluding hydrogens is 370 g/mol. The maximum atomic E-state index is 12.8. The van der Waals surface area contributed by atoms with Gasteiger partial charge >= 0.3 is 0 Å². The minimum absolute atomic E-state index is 0.0666. The summed E-state index contributed by atoms with van der Waals surface area (Å²) in [5, 5.41) is 7.57. The molecule has 1 N–H and O–H groups in total. The van der Waals surface area contributed by atoms with Crippen LogP contribution in [-0.4, -0.2) is 35.0 Å². The van der Waals surface area contributed by atoms with Crippen LogP contribution in [0.25, 0.3) is 11.0 Å². The van der Waals surface area contributed by atoms with Crippen molar-refractivity contribution in [2.45, 2.75) is 40.0 Å². The number of benzene rings is 1. The van der Waals surface area contributed by atoms with Crippen LogP contribution in [0.4, 0.5) is 5.82 Å². The van der Waals surface area contributed by atoms with Gasteiger partial charge in [-0.05, 0) is 56.9 Å². The fourth-order valence-corrected chi connectivity index (χ4v) is 3.79. The summed E-state index contributed by atoms with van der Waals surface area (Å²) in [4.78, 5) is 27.0. The van der Waals surface area contributed by atoms with Gasteiger partial charge in [-0.25, -0.2) is 0 Å². The van der Waals surface area contributed by atoms with Crippen molar-refractivity contribution in [2.24, 2.45) is 5.92 Å². The summed E-state index contributed by atoms with van der Waals surface area (Å²) in [7, 11) is 0. The van der Waals surface area contributed by atoms with Gasteiger partial charge < -0.3 is 19.2 Å². The highest BCUT2D eigenvalue weighted by molar-refractivity contribution is 5.92. The summed E-state index contributed by atoms with van der Waals surface area (Å²) in [5.41, 5.74) is 4.08.